The SMILES string of the molecule is Cc1cccc(C)c1-c1cc([C@H](CC(=O)O)NC(=O)[C@@H](CC(C)C)n2cc(CCN(C)C)c(C(F)(F)F)cc2=O)nc2ncnn12. The number of carboxylic acids is 1. The lowest BCUT2D eigenvalue weighted by molar-refractivity contribution is -0.139. The van der Waals surface area contributed by atoms with Crippen molar-refractivity contribution in [3.05, 3.63) is 81.2 Å². The van der Waals surface area contributed by atoms with Gasteiger partial charge in [-0.25, -0.2) is 4.98 Å². The number of nitrogens with one attached hydrogen (secondary N) is 1. The molecule has 0 unspecified atom stereocenters. The average molecular weight is 642 g/mol. The first-order valence-corrected chi connectivity index (χ1v) is 14.8. The number of carboxylic acid groups (broad SMARTS) is 1. The Labute approximate surface area is 264 Å². The highest BCUT2D eigenvalue weighted by molar-refractivity contribution is 5.82. The summed E-state index contributed by atoms with van der Waals surface area (Å²) in [5.41, 5.74) is 1.31. The Balaban J connectivity index is 1.81. The number of alkyl halides is 3. The minimum atomic E-state index is -4.76. The molecule has 11 nitrogen and oxygen atoms in total. The number of fused-ring (bicyclic) bond motifs is 1. The predicted octanol–water partition coefficient (Wildman–Crippen LogP) is 4.61. The van der Waals surface area contributed by atoms with Crippen LogP contribution in [-0.2, 0) is 22.2 Å². The zero-order chi connectivity index (χ0) is 33.9. The molecule has 46 heavy (non-hydrogen) atoms. The molecule has 1 aromatic carbocycles. The number of hydrogen-bond donors (Lipinski definition) is 2. The molecule has 0 aliphatic rings. The molecular formula is C32H38F3N7O4. The van der Waals surface area contributed by atoms with Gasteiger partial charge in [0.05, 0.1) is 29.4 Å². The Morgan fingerprint density at radius 3 is 2.37 bits per heavy atom. The summed E-state index contributed by atoms with van der Waals surface area (Å²) in [6, 6.07) is 5.54. The number of carbonyl (C=O) groups excluding carboxylic acids is 1. The third kappa shape index (κ3) is 7.79. The van der Waals surface area contributed by atoms with E-state index in [0.29, 0.717) is 11.8 Å². The third-order valence-corrected chi connectivity index (χ3v) is 7.69. The van der Waals surface area contributed by atoms with E-state index >= 15 is 0 Å². The van der Waals surface area contributed by atoms with E-state index in [-0.39, 0.29) is 42.3 Å². The van der Waals surface area contributed by atoms with E-state index < -0.39 is 47.7 Å². The summed E-state index contributed by atoms with van der Waals surface area (Å²) in [6.45, 7) is 7.76. The smallest absolute Gasteiger partial charge is 0.416 e. The number of aryl methyl sites for hydroxylation is 2. The van der Waals surface area contributed by atoms with Crippen molar-refractivity contribution >= 4 is 17.7 Å². The molecule has 1 amide bonds. The van der Waals surface area contributed by atoms with Crippen molar-refractivity contribution in [3.63, 3.8) is 0 Å². The maximum absolute atomic E-state index is 14.0. The Kier molecular flexibility index (Phi) is 10.3. The average Bonchev–Trinajstić information content (AvgIpc) is 3.43. The Morgan fingerprint density at radius 2 is 1.78 bits per heavy atom. The number of nitrogens with zero attached hydrogens (tertiary/aromatic N) is 6. The normalized spacial score (nSPS) is 13.4. The van der Waals surface area contributed by atoms with Gasteiger partial charge in [0.25, 0.3) is 11.3 Å². The lowest BCUT2D eigenvalue weighted by Crippen LogP contribution is -2.41. The molecule has 0 saturated carbocycles. The number of halogens is 3. The van der Waals surface area contributed by atoms with Crippen LogP contribution in [0.2, 0.25) is 0 Å². The van der Waals surface area contributed by atoms with Crippen molar-refractivity contribution in [1.29, 1.82) is 0 Å². The first-order valence-electron chi connectivity index (χ1n) is 14.8. The molecule has 2 atom stereocenters. The van der Waals surface area contributed by atoms with E-state index in [9.17, 15) is 32.7 Å². The molecule has 14 heteroatoms. The van der Waals surface area contributed by atoms with E-state index in [0.717, 1.165) is 27.5 Å². The van der Waals surface area contributed by atoms with Gasteiger partial charge in [-0.1, -0.05) is 32.0 Å². The largest absolute Gasteiger partial charge is 0.481 e. The van der Waals surface area contributed by atoms with Gasteiger partial charge in [-0.05, 0) is 69.5 Å². The summed E-state index contributed by atoms with van der Waals surface area (Å²) in [6.07, 6.45) is -2.80. The van der Waals surface area contributed by atoms with E-state index in [4.69, 9.17) is 0 Å². The van der Waals surface area contributed by atoms with E-state index in [2.05, 4.69) is 20.4 Å². The van der Waals surface area contributed by atoms with Crippen LogP contribution in [0.15, 0.2) is 47.7 Å². The van der Waals surface area contributed by atoms with Crippen molar-refractivity contribution < 1.29 is 27.9 Å². The van der Waals surface area contributed by atoms with Gasteiger partial charge in [-0.15, -0.1) is 0 Å². The summed E-state index contributed by atoms with van der Waals surface area (Å²) < 4.78 is 44.3. The molecule has 0 aliphatic carbocycles. The van der Waals surface area contributed by atoms with Crippen LogP contribution in [0, 0.1) is 19.8 Å². The van der Waals surface area contributed by atoms with Crippen LogP contribution in [0.25, 0.3) is 17.0 Å². The Bertz CT molecular complexity index is 1780. The highest BCUT2D eigenvalue weighted by Gasteiger charge is 2.36. The number of likely N-dealkylation sites (N-methyl/N-ethyl adjacent to an activating group) is 1. The number of aliphatic carboxylic acids is 1. The highest BCUT2D eigenvalue weighted by atomic mass is 19.4. The van der Waals surface area contributed by atoms with E-state index in [1.807, 2.05) is 45.9 Å². The lowest BCUT2D eigenvalue weighted by Gasteiger charge is -2.26. The molecule has 3 heterocycles. The molecular weight excluding hydrogens is 603 g/mol. The zero-order valence-electron chi connectivity index (χ0n) is 26.6. The van der Waals surface area contributed by atoms with Crippen molar-refractivity contribution in [3.8, 4) is 11.3 Å². The number of carbonyl (C=O) groups is 2. The summed E-state index contributed by atoms with van der Waals surface area (Å²) >= 11 is 0. The van der Waals surface area contributed by atoms with Crippen LogP contribution in [-0.4, -0.2) is 66.7 Å². The summed E-state index contributed by atoms with van der Waals surface area (Å²) in [7, 11) is 3.44. The molecule has 0 saturated heterocycles. The molecule has 246 valence electrons. The molecule has 0 fully saturated rings. The van der Waals surface area contributed by atoms with E-state index in [1.165, 1.54) is 10.8 Å². The molecule has 0 aliphatic heterocycles. The number of amides is 1. The fraction of sp³-hybridized carbons (Fsp3) is 0.438. The molecule has 0 spiro atoms. The van der Waals surface area contributed by atoms with Crippen LogP contribution in [0.3, 0.4) is 0 Å². The van der Waals surface area contributed by atoms with Gasteiger partial charge < -0.3 is 19.9 Å². The molecule has 4 aromatic rings. The summed E-state index contributed by atoms with van der Waals surface area (Å²) in [4.78, 5) is 49.6. The summed E-state index contributed by atoms with van der Waals surface area (Å²) in [5, 5.41) is 16.9. The monoisotopic (exact) mass is 641 g/mol. The quantitative estimate of drug-likeness (QED) is 0.229. The number of hydrogen-bond acceptors (Lipinski definition) is 7. The molecule has 0 radical (unpaired) electrons. The fourth-order valence-corrected chi connectivity index (χ4v) is 5.51. The lowest BCUT2D eigenvalue weighted by atomic mass is 9.97. The van der Waals surface area contributed by atoms with Gasteiger partial charge >= 0.3 is 12.1 Å². The van der Waals surface area contributed by atoms with Crippen molar-refractivity contribution in [2.45, 2.75) is 65.2 Å². The molecule has 0 bridgehead atoms. The maximum Gasteiger partial charge on any atom is 0.416 e. The number of aromatic nitrogens is 5. The number of benzene rings is 1. The fourth-order valence-electron chi connectivity index (χ4n) is 5.51. The third-order valence-electron chi connectivity index (χ3n) is 7.69. The van der Waals surface area contributed by atoms with Gasteiger partial charge in [0, 0.05) is 24.4 Å². The Morgan fingerprint density at radius 1 is 1.11 bits per heavy atom. The van der Waals surface area contributed by atoms with Gasteiger partial charge in [0.1, 0.15) is 12.4 Å². The second-order valence-electron chi connectivity index (χ2n) is 12.1. The van der Waals surface area contributed by atoms with Gasteiger partial charge in [-0.2, -0.15) is 27.8 Å². The van der Waals surface area contributed by atoms with E-state index in [1.54, 1.807) is 25.1 Å². The predicted molar refractivity (Wildman–Crippen MR) is 165 cm³/mol. The topological polar surface area (TPSA) is 135 Å². The number of pyridine rings is 1. The van der Waals surface area contributed by atoms with Gasteiger partial charge in [0.15, 0.2) is 0 Å². The van der Waals surface area contributed by atoms with Crippen LogP contribution in [0.1, 0.15) is 66.7 Å². The molecule has 2 N–H and O–H groups in total. The standard InChI is InChI=1S/C32H38F3N7O4/c1-18(2)12-26(41-16-21(10-11-40(5)6)22(13-27(41)43)32(33,34)35)30(46)38-24(15-28(44)45)23-14-25(42-31(39-23)36-17-37-42)29-19(3)8-7-9-20(29)4/h7-9,13-14,16-18,24,26H,10-12,15H2,1-6H3,(H,38,46)(H,44,45)/t24-,26+/m0/s1. The van der Waals surface area contributed by atoms with Crippen LogP contribution < -0.4 is 10.9 Å². The second-order valence-corrected chi connectivity index (χ2v) is 12.1. The molecule has 3 aromatic heterocycles. The van der Waals surface area contributed by atoms with Crippen LogP contribution >= 0.6 is 0 Å². The van der Waals surface area contributed by atoms with Crippen LogP contribution in [0.4, 0.5) is 13.2 Å². The Hall–Kier alpha value is -4.59. The van der Waals surface area contributed by atoms with Gasteiger partial charge in [0.2, 0.25) is 5.91 Å². The first-order chi connectivity index (χ1) is 21.6. The van der Waals surface area contributed by atoms with Crippen molar-refractivity contribution in [2.24, 2.45) is 5.92 Å². The zero-order valence-corrected chi connectivity index (χ0v) is 26.6. The van der Waals surface area contributed by atoms with Crippen LogP contribution in [0.5, 0.6) is 0 Å². The minimum Gasteiger partial charge on any atom is -0.481 e. The maximum atomic E-state index is 14.0. The van der Waals surface area contributed by atoms with Crippen molar-refractivity contribution in [2.75, 3.05) is 20.6 Å². The second kappa shape index (κ2) is 13.8. The number of rotatable bonds is 12. The van der Waals surface area contributed by atoms with Gasteiger partial charge in [-0.3, -0.25) is 14.4 Å². The summed E-state index contributed by atoms with van der Waals surface area (Å²) in [5.74, 6) is -1.91. The van der Waals surface area contributed by atoms with Crippen molar-refractivity contribution in [1.82, 2.24) is 34.4 Å². The first kappa shape index (κ1) is 34.3. The molecule has 4 rings (SSSR count). The minimum absolute atomic E-state index is 0.0108. The highest BCUT2D eigenvalue weighted by Crippen LogP contribution is 2.33.